The number of ether oxygens (including phenoxy) is 7. The lowest BCUT2D eigenvalue weighted by Crippen LogP contribution is -2.47. The van der Waals surface area contributed by atoms with Crippen molar-refractivity contribution in [1.29, 1.82) is 0 Å². The molecule has 2 aromatic rings. The fourth-order valence-electron chi connectivity index (χ4n) is 3.99. The van der Waals surface area contributed by atoms with Crippen molar-refractivity contribution < 1.29 is 60.7 Å². The van der Waals surface area contributed by atoms with E-state index in [0.29, 0.717) is 6.42 Å². The molecule has 43 heavy (non-hydrogen) atoms. The molecule has 1 saturated heterocycles. The SMILES string of the molecule is CCCOC1C(C)OC(=O)C(NC(=O)c2nccc(OC)c2OCOC(C)=O)COCC1Oc1ccc(C(F)(F)F)cc1. The number of alkyl halides is 3. The van der Waals surface area contributed by atoms with E-state index in [1.54, 1.807) is 6.92 Å². The zero-order chi connectivity index (χ0) is 31.6. The molecule has 15 heteroatoms. The molecular formula is C28H33F3N2O10. The van der Waals surface area contributed by atoms with Crippen LogP contribution in [0.15, 0.2) is 36.5 Å². The van der Waals surface area contributed by atoms with Crippen LogP contribution in [0.5, 0.6) is 17.2 Å². The Morgan fingerprint density at radius 3 is 2.49 bits per heavy atom. The van der Waals surface area contributed by atoms with Gasteiger partial charge in [-0.2, -0.15) is 13.2 Å². The standard InChI is InChI=1S/C28H33F3N2O10/c1-5-12-39-24-16(2)42-27(36)20(13-38-14-22(24)43-19-8-6-18(7-9-19)28(29,30)31)33-26(35)23-25(41-15-40-17(3)34)21(37-4)10-11-32-23/h6-11,16,20,22,24H,5,12-15H2,1-4H3,(H,33,35). The van der Waals surface area contributed by atoms with E-state index in [9.17, 15) is 27.6 Å². The van der Waals surface area contributed by atoms with Gasteiger partial charge in [0.1, 0.15) is 18.0 Å². The summed E-state index contributed by atoms with van der Waals surface area (Å²) in [5, 5.41) is 2.50. The Morgan fingerprint density at radius 1 is 1.14 bits per heavy atom. The van der Waals surface area contributed by atoms with Crippen LogP contribution in [0.2, 0.25) is 0 Å². The first-order chi connectivity index (χ1) is 20.4. The summed E-state index contributed by atoms with van der Waals surface area (Å²) in [5.41, 5.74) is -1.10. The molecule has 2 heterocycles. The van der Waals surface area contributed by atoms with Crippen molar-refractivity contribution in [2.45, 2.75) is 57.7 Å². The molecule has 4 atom stereocenters. The Balaban J connectivity index is 1.79. The Hall–Kier alpha value is -4.11. The van der Waals surface area contributed by atoms with Crippen molar-refractivity contribution in [3.05, 3.63) is 47.8 Å². The fraction of sp³-hybridized carbons (Fsp3) is 0.500. The second-order valence-corrected chi connectivity index (χ2v) is 9.31. The van der Waals surface area contributed by atoms with Crippen molar-refractivity contribution in [3.8, 4) is 17.2 Å². The molecule has 1 N–H and O–H groups in total. The average Bonchev–Trinajstić information content (AvgIpc) is 3.00. The topological polar surface area (TPSA) is 141 Å². The number of methoxy groups -OCH3 is 1. The summed E-state index contributed by atoms with van der Waals surface area (Å²) in [6.45, 7) is 3.86. The number of carbonyl (C=O) groups is 3. The minimum Gasteiger partial charge on any atom is -0.493 e. The maximum Gasteiger partial charge on any atom is 0.416 e. The largest absolute Gasteiger partial charge is 0.493 e. The first-order valence-corrected chi connectivity index (χ1v) is 13.3. The van der Waals surface area contributed by atoms with Crippen LogP contribution in [-0.2, 0) is 34.7 Å². The summed E-state index contributed by atoms with van der Waals surface area (Å²) in [6.07, 6.45) is -5.25. The van der Waals surface area contributed by atoms with Crippen LogP contribution in [-0.4, -0.2) is 80.9 Å². The third kappa shape index (κ3) is 9.44. The van der Waals surface area contributed by atoms with Gasteiger partial charge in [-0.1, -0.05) is 6.92 Å². The maximum absolute atomic E-state index is 13.2. The van der Waals surface area contributed by atoms with Gasteiger partial charge in [-0.3, -0.25) is 9.59 Å². The van der Waals surface area contributed by atoms with Crippen LogP contribution >= 0.6 is 0 Å². The zero-order valence-electron chi connectivity index (χ0n) is 24.0. The lowest BCUT2D eigenvalue weighted by Gasteiger charge is -2.31. The minimum atomic E-state index is -4.51. The van der Waals surface area contributed by atoms with Crippen LogP contribution < -0.4 is 19.5 Å². The van der Waals surface area contributed by atoms with Gasteiger partial charge < -0.3 is 38.5 Å². The number of esters is 2. The molecule has 0 saturated carbocycles. The number of benzene rings is 1. The summed E-state index contributed by atoms with van der Waals surface area (Å²) < 4.78 is 77.6. The van der Waals surface area contributed by atoms with Crippen LogP contribution in [0.1, 0.15) is 43.2 Å². The van der Waals surface area contributed by atoms with Gasteiger partial charge in [0.15, 0.2) is 29.3 Å². The number of pyridine rings is 1. The average molecular weight is 615 g/mol. The van der Waals surface area contributed by atoms with Crippen molar-refractivity contribution in [1.82, 2.24) is 10.3 Å². The molecule has 4 unspecified atom stereocenters. The summed E-state index contributed by atoms with van der Waals surface area (Å²) in [4.78, 5) is 41.5. The van der Waals surface area contributed by atoms with E-state index in [1.807, 2.05) is 6.92 Å². The monoisotopic (exact) mass is 614 g/mol. The maximum atomic E-state index is 13.2. The highest BCUT2D eigenvalue weighted by atomic mass is 19.4. The van der Waals surface area contributed by atoms with E-state index in [2.05, 4.69) is 10.3 Å². The Bertz CT molecular complexity index is 1240. The van der Waals surface area contributed by atoms with E-state index >= 15 is 0 Å². The van der Waals surface area contributed by atoms with Gasteiger partial charge in [0.2, 0.25) is 6.79 Å². The van der Waals surface area contributed by atoms with Gasteiger partial charge in [0.25, 0.3) is 5.91 Å². The van der Waals surface area contributed by atoms with E-state index in [0.717, 1.165) is 12.1 Å². The molecule has 1 aliphatic rings. The fourth-order valence-corrected chi connectivity index (χ4v) is 3.99. The van der Waals surface area contributed by atoms with Crippen molar-refractivity contribution >= 4 is 17.8 Å². The van der Waals surface area contributed by atoms with Crippen molar-refractivity contribution in [2.24, 2.45) is 0 Å². The zero-order valence-corrected chi connectivity index (χ0v) is 24.0. The van der Waals surface area contributed by atoms with Gasteiger partial charge in [-0.15, -0.1) is 0 Å². The first-order valence-electron chi connectivity index (χ1n) is 13.3. The van der Waals surface area contributed by atoms with Gasteiger partial charge in [-0.05, 0) is 37.6 Å². The number of cyclic esters (lactones) is 1. The van der Waals surface area contributed by atoms with Crippen molar-refractivity contribution in [2.75, 3.05) is 33.7 Å². The smallest absolute Gasteiger partial charge is 0.416 e. The van der Waals surface area contributed by atoms with E-state index < -0.39 is 60.7 Å². The molecule has 0 bridgehead atoms. The lowest BCUT2D eigenvalue weighted by atomic mass is 10.1. The van der Waals surface area contributed by atoms with E-state index in [-0.39, 0.29) is 42.8 Å². The third-order valence-electron chi connectivity index (χ3n) is 6.04. The molecular weight excluding hydrogens is 581 g/mol. The normalized spacial score (nSPS) is 21.0. The molecule has 1 aromatic heterocycles. The molecule has 3 rings (SSSR count). The minimum absolute atomic E-state index is 0.119. The number of hydrogen-bond acceptors (Lipinski definition) is 11. The van der Waals surface area contributed by atoms with Crippen LogP contribution in [0.3, 0.4) is 0 Å². The first kappa shape index (κ1) is 33.4. The number of aromatic nitrogens is 1. The van der Waals surface area contributed by atoms with E-state index in [4.69, 9.17) is 33.2 Å². The molecule has 236 valence electrons. The third-order valence-corrected chi connectivity index (χ3v) is 6.04. The second kappa shape index (κ2) is 15.4. The quantitative estimate of drug-likeness (QED) is 0.294. The summed E-state index contributed by atoms with van der Waals surface area (Å²) in [6, 6.07) is 4.24. The number of halogens is 3. The van der Waals surface area contributed by atoms with Crippen LogP contribution in [0.25, 0.3) is 0 Å². The number of nitrogens with one attached hydrogen (secondary N) is 1. The highest BCUT2D eigenvalue weighted by Crippen LogP contribution is 2.31. The number of amides is 1. The molecule has 0 radical (unpaired) electrons. The number of rotatable bonds is 11. The molecule has 1 amide bonds. The van der Waals surface area contributed by atoms with Gasteiger partial charge >= 0.3 is 18.1 Å². The molecule has 12 nitrogen and oxygen atoms in total. The summed E-state index contributed by atoms with van der Waals surface area (Å²) >= 11 is 0. The number of carbonyl (C=O) groups excluding carboxylic acids is 3. The Labute approximate surface area is 245 Å². The second-order valence-electron chi connectivity index (χ2n) is 9.31. The molecule has 1 fully saturated rings. The molecule has 1 aliphatic heterocycles. The molecule has 0 aliphatic carbocycles. The predicted octanol–water partition coefficient (Wildman–Crippen LogP) is 3.31. The van der Waals surface area contributed by atoms with Crippen LogP contribution in [0, 0.1) is 0 Å². The van der Waals surface area contributed by atoms with E-state index in [1.165, 1.54) is 38.4 Å². The Kier molecular flexibility index (Phi) is 11.9. The number of hydrogen-bond donors (Lipinski definition) is 1. The van der Waals surface area contributed by atoms with Crippen LogP contribution in [0.4, 0.5) is 13.2 Å². The van der Waals surface area contributed by atoms with Gasteiger partial charge in [0.05, 0.1) is 25.9 Å². The van der Waals surface area contributed by atoms with Crippen molar-refractivity contribution in [3.63, 3.8) is 0 Å². The number of nitrogens with zero attached hydrogens (tertiary/aromatic N) is 1. The summed E-state index contributed by atoms with van der Waals surface area (Å²) in [7, 11) is 1.33. The highest BCUT2D eigenvalue weighted by molar-refractivity contribution is 5.98. The van der Waals surface area contributed by atoms with Gasteiger partial charge in [0, 0.05) is 25.8 Å². The summed E-state index contributed by atoms with van der Waals surface area (Å²) in [5.74, 6) is -2.19. The van der Waals surface area contributed by atoms with Gasteiger partial charge in [-0.25, -0.2) is 9.78 Å². The predicted molar refractivity (Wildman–Crippen MR) is 142 cm³/mol. The molecule has 0 spiro atoms. The highest BCUT2D eigenvalue weighted by Gasteiger charge is 2.37. The lowest BCUT2D eigenvalue weighted by molar-refractivity contribution is -0.162. The Morgan fingerprint density at radius 2 is 1.86 bits per heavy atom. The molecule has 1 aromatic carbocycles.